The van der Waals surface area contributed by atoms with Gasteiger partial charge in [-0.15, -0.1) is 0 Å². The summed E-state index contributed by atoms with van der Waals surface area (Å²) in [5, 5.41) is 0. The lowest BCUT2D eigenvalue weighted by Gasteiger charge is -2.36. The van der Waals surface area contributed by atoms with Crippen LogP contribution < -0.4 is 10.5 Å². The molecule has 25 heavy (non-hydrogen) atoms. The van der Waals surface area contributed by atoms with Crippen LogP contribution in [0.25, 0.3) is 0 Å². The molecule has 1 aromatic rings. The molecule has 5 heteroatoms. The van der Waals surface area contributed by atoms with Crippen molar-refractivity contribution in [1.82, 2.24) is 0 Å². The second kappa shape index (κ2) is 8.37. The number of hydrogen-bond acceptors (Lipinski definition) is 4. The summed E-state index contributed by atoms with van der Waals surface area (Å²) in [7, 11) is 0. The Kier molecular flexibility index (Phi) is 6.45. The molecule has 3 atom stereocenters. The summed E-state index contributed by atoms with van der Waals surface area (Å²) >= 11 is 0. The zero-order valence-corrected chi connectivity index (χ0v) is 15.6. The van der Waals surface area contributed by atoms with Crippen LogP contribution in [-0.4, -0.2) is 24.6 Å². The van der Waals surface area contributed by atoms with Gasteiger partial charge in [-0.25, -0.2) is 4.79 Å². The number of esters is 1. The molecule has 5 nitrogen and oxygen atoms in total. The van der Waals surface area contributed by atoms with E-state index in [1.165, 1.54) is 6.42 Å². The van der Waals surface area contributed by atoms with E-state index in [-0.39, 0.29) is 18.3 Å². The number of nitrogens with two attached hydrogens (primary N) is 1. The first kappa shape index (κ1) is 19.3. The Hall–Kier alpha value is -2.04. The summed E-state index contributed by atoms with van der Waals surface area (Å²) in [6, 6.07) is 5.09. The van der Waals surface area contributed by atoms with E-state index in [1.54, 1.807) is 18.2 Å². The molecule has 0 unspecified atom stereocenters. The highest BCUT2D eigenvalue weighted by Gasteiger charge is 2.33. The fourth-order valence-electron chi connectivity index (χ4n) is 3.54. The molecule has 1 aliphatic carbocycles. The minimum atomic E-state index is -0.579. The third-order valence-corrected chi connectivity index (χ3v) is 4.99. The van der Waals surface area contributed by atoms with E-state index in [9.17, 15) is 9.59 Å². The highest BCUT2D eigenvalue weighted by molar-refractivity contribution is 5.95. The highest BCUT2D eigenvalue weighted by atomic mass is 16.6. The van der Waals surface area contributed by atoms with Crippen LogP contribution in [0.15, 0.2) is 18.2 Å². The maximum absolute atomic E-state index is 12.3. The van der Waals surface area contributed by atoms with Crippen LogP contribution >= 0.6 is 0 Å². The van der Waals surface area contributed by atoms with Crippen LogP contribution in [0.3, 0.4) is 0 Å². The molecule has 0 bridgehead atoms. The van der Waals surface area contributed by atoms with Crippen molar-refractivity contribution < 1.29 is 19.1 Å². The summed E-state index contributed by atoms with van der Waals surface area (Å²) < 4.78 is 11.2. The standard InChI is InChI=1S/C20H29NO4/c1-12(2)15-7-5-14(4)10-18(15)25-19(22)11-24-17-9-13(3)6-8-16(17)20(21)23/h6,8-9,12,14-15,18H,5,7,10-11H2,1-4H3,(H2,21,23)/t14-,15-,18+/m1/s1. The Morgan fingerprint density at radius 3 is 2.64 bits per heavy atom. The first-order chi connectivity index (χ1) is 11.8. The molecular weight excluding hydrogens is 318 g/mol. The first-order valence-electron chi connectivity index (χ1n) is 9.00. The van der Waals surface area contributed by atoms with Crippen molar-refractivity contribution in [2.75, 3.05) is 6.61 Å². The lowest BCUT2D eigenvalue weighted by atomic mass is 9.75. The van der Waals surface area contributed by atoms with Crippen LogP contribution in [0.2, 0.25) is 0 Å². The van der Waals surface area contributed by atoms with E-state index in [0.29, 0.717) is 23.5 Å². The Labute approximate surface area is 149 Å². The molecule has 1 fully saturated rings. The van der Waals surface area contributed by atoms with Gasteiger partial charge in [0.05, 0.1) is 5.56 Å². The zero-order valence-electron chi connectivity index (χ0n) is 15.6. The SMILES string of the molecule is Cc1ccc(C(N)=O)c(OCC(=O)O[C@H]2C[C@H](C)CC[C@@H]2C(C)C)c1. The van der Waals surface area contributed by atoms with Gasteiger partial charge in [-0.3, -0.25) is 4.79 Å². The van der Waals surface area contributed by atoms with Crippen LogP contribution in [-0.2, 0) is 9.53 Å². The zero-order chi connectivity index (χ0) is 18.6. The number of amides is 1. The summed E-state index contributed by atoms with van der Waals surface area (Å²) in [6.45, 7) is 8.19. The lowest BCUT2D eigenvalue weighted by Crippen LogP contribution is -2.37. The van der Waals surface area contributed by atoms with Gasteiger partial charge in [0.1, 0.15) is 11.9 Å². The molecule has 0 aliphatic heterocycles. The molecule has 2 rings (SSSR count). The summed E-state index contributed by atoms with van der Waals surface area (Å²) in [5.74, 6) is 0.768. The smallest absolute Gasteiger partial charge is 0.344 e. The maximum Gasteiger partial charge on any atom is 0.344 e. The molecule has 2 N–H and O–H groups in total. The number of carbonyl (C=O) groups excluding carboxylic acids is 2. The number of carbonyl (C=O) groups is 2. The molecule has 1 amide bonds. The first-order valence-corrected chi connectivity index (χ1v) is 9.00. The number of hydrogen-bond donors (Lipinski definition) is 1. The fraction of sp³-hybridized carbons (Fsp3) is 0.600. The van der Waals surface area contributed by atoms with Crippen molar-refractivity contribution in [2.24, 2.45) is 23.5 Å². The van der Waals surface area contributed by atoms with Crippen molar-refractivity contribution in [1.29, 1.82) is 0 Å². The number of rotatable bonds is 6. The number of primary amides is 1. The fourth-order valence-corrected chi connectivity index (χ4v) is 3.54. The number of benzene rings is 1. The van der Waals surface area contributed by atoms with Crippen LogP contribution in [0.4, 0.5) is 0 Å². The van der Waals surface area contributed by atoms with Crippen molar-refractivity contribution in [3.05, 3.63) is 29.3 Å². The quantitative estimate of drug-likeness (QED) is 0.799. The molecular formula is C20H29NO4. The molecule has 1 aliphatic rings. The minimum absolute atomic E-state index is 0.0621. The van der Waals surface area contributed by atoms with Gasteiger partial charge >= 0.3 is 5.97 Å². The molecule has 0 radical (unpaired) electrons. The molecule has 0 spiro atoms. The summed E-state index contributed by atoms with van der Waals surface area (Å²) in [5.41, 5.74) is 6.55. The van der Waals surface area contributed by atoms with Gasteiger partial charge in [-0.05, 0) is 55.2 Å². The molecule has 1 aromatic carbocycles. The number of ether oxygens (including phenoxy) is 2. The second-order valence-electron chi connectivity index (χ2n) is 7.51. The molecule has 138 valence electrons. The van der Waals surface area contributed by atoms with E-state index >= 15 is 0 Å². The average Bonchev–Trinajstić information content (AvgIpc) is 2.52. The average molecular weight is 347 g/mol. The topological polar surface area (TPSA) is 78.6 Å². The Morgan fingerprint density at radius 1 is 1.28 bits per heavy atom. The molecule has 0 saturated heterocycles. The van der Waals surface area contributed by atoms with Gasteiger partial charge in [0.15, 0.2) is 6.61 Å². The van der Waals surface area contributed by atoms with E-state index in [4.69, 9.17) is 15.2 Å². The van der Waals surface area contributed by atoms with Gasteiger partial charge in [0.25, 0.3) is 5.91 Å². The highest BCUT2D eigenvalue weighted by Crippen LogP contribution is 2.35. The van der Waals surface area contributed by atoms with Crippen LogP contribution in [0, 0.1) is 24.7 Å². The summed E-state index contributed by atoms with van der Waals surface area (Å²) in [4.78, 5) is 23.7. The molecule has 1 saturated carbocycles. The van der Waals surface area contributed by atoms with Crippen molar-refractivity contribution in [2.45, 2.75) is 53.1 Å². The van der Waals surface area contributed by atoms with Gasteiger partial charge < -0.3 is 15.2 Å². The Bertz CT molecular complexity index is 626. The normalized spacial score (nSPS) is 23.3. The van der Waals surface area contributed by atoms with Gasteiger partial charge in [0, 0.05) is 0 Å². The third kappa shape index (κ3) is 5.21. The predicted molar refractivity (Wildman–Crippen MR) is 96.4 cm³/mol. The monoisotopic (exact) mass is 347 g/mol. The molecule has 0 heterocycles. The second-order valence-corrected chi connectivity index (χ2v) is 7.51. The largest absolute Gasteiger partial charge is 0.481 e. The van der Waals surface area contributed by atoms with Crippen molar-refractivity contribution >= 4 is 11.9 Å². The van der Waals surface area contributed by atoms with Gasteiger partial charge in [-0.2, -0.15) is 0 Å². The van der Waals surface area contributed by atoms with Crippen molar-refractivity contribution in [3.63, 3.8) is 0 Å². The lowest BCUT2D eigenvalue weighted by molar-refractivity contribution is -0.158. The number of aryl methyl sites for hydroxylation is 1. The van der Waals surface area contributed by atoms with E-state index in [1.807, 2.05) is 6.92 Å². The predicted octanol–water partition coefficient (Wildman–Crippen LogP) is 3.48. The Balaban J connectivity index is 1.98. The third-order valence-electron chi connectivity index (χ3n) is 4.99. The van der Waals surface area contributed by atoms with E-state index in [2.05, 4.69) is 20.8 Å². The Morgan fingerprint density at radius 2 is 2.00 bits per heavy atom. The molecule has 0 aromatic heterocycles. The van der Waals surface area contributed by atoms with E-state index in [0.717, 1.165) is 18.4 Å². The van der Waals surface area contributed by atoms with Crippen LogP contribution in [0.5, 0.6) is 5.75 Å². The van der Waals surface area contributed by atoms with Gasteiger partial charge in [0.2, 0.25) is 0 Å². The van der Waals surface area contributed by atoms with E-state index < -0.39 is 11.9 Å². The summed E-state index contributed by atoms with van der Waals surface area (Å²) in [6.07, 6.45) is 3.10. The minimum Gasteiger partial charge on any atom is -0.481 e. The van der Waals surface area contributed by atoms with Crippen molar-refractivity contribution in [3.8, 4) is 5.75 Å². The maximum atomic E-state index is 12.3. The van der Waals surface area contributed by atoms with Crippen LogP contribution in [0.1, 0.15) is 56.0 Å². The van der Waals surface area contributed by atoms with Gasteiger partial charge in [-0.1, -0.05) is 33.3 Å².